The summed E-state index contributed by atoms with van der Waals surface area (Å²) >= 11 is 0. The fourth-order valence-corrected chi connectivity index (χ4v) is 3.68. The Balaban J connectivity index is 1.39. The number of anilines is 1. The maximum atomic E-state index is 12.7. The Bertz CT molecular complexity index is 1090. The van der Waals surface area contributed by atoms with E-state index in [1.165, 1.54) is 0 Å². The lowest BCUT2D eigenvalue weighted by molar-refractivity contribution is -0.126. The minimum absolute atomic E-state index is 0.0258. The number of methoxy groups -OCH3 is 2. The van der Waals surface area contributed by atoms with E-state index in [2.05, 4.69) is 14.9 Å². The van der Waals surface area contributed by atoms with E-state index in [1.807, 2.05) is 59.5 Å². The maximum absolute atomic E-state index is 12.7. The third-order valence-electron chi connectivity index (χ3n) is 5.48. The molecule has 2 heterocycles. The second kappa shape index (κ2) is 9.96. The Morgan fingerprint density at radius 3 is 2.44 bits per heavy atom. The van der Waals surface area contributed by atoms with E-state index >= 15 is 0 Å². The number of hydrogen-bond donors (Lipinski definition) is 0. The van der Waals surface area contributed by atoms with Crippen molar-refractivity contribution in [3.63, 3.8) is 0 Å². The molecule has 3 aromatic rings. The van der Waals surface area contributed by atoms with Crippen LogP contribution in [0.5, 0.6) is 11.5 Å². The Labute approximate surface area is 187 Å². The molecule has 0 spiro atoms. The van der Waals surface area contributed by atoms with Crippen LogP contribution in [0.15, 0.2) is 67.0 Å². The average molecular weight is 431 g/mol. The van der Waals surface area contributed by atoms with Crippen LogP contribution >= 0.6 is 0 Å². The zero-order valence-electron chi connectivity index (χ0n) is 18.3. The number of hydrogen-bond acceptors (Lipinski definition) is 6. The number of ether oxygens (including phenoxy) is 2. The zero-order chi connectivity index (χ0) is 22.3. The van der Waals surface area contributed by atoms with Crippen molar-refractivity contribution in [1.29, 1.82) is 0 Å². The number of nitrogens with zero attached hydrogens (tertiary/aromatic N) is 4. The number of amides is 1. The van der Waals surface area contributed by atoms with Crippen LogP contribution in [0.25, 0.3) is 17.3 Å². The van der Waals surface area contributed by atoms with Gasteiger partial charge in [-0.25, -0.2) is 9.97 Å². The van der Waals surface area contributed by atoms with Crippen LogP contribution in [0.3, 0.4) is 0 Å². The summed E-state index contributed by atoms with van der Waals surface area (Å²) in [5.41, 5.74) is 2.75. The molecular weight excluding hydrogens is 404 g/mol. The van der Waals surface area contributed by atoms with Gasteiger partial charge in [-0.1, -0.05) is 30.3 Å². The second-order valence-corrected chi connectivity index (χ2v) is 7.38. The van der Waals surface area contributed by atoms with Crippen LogP contribution in [0, 0.1) is 0 Å². The average Bonchev–Trinajstić information content (AvgIpc) is 2.87. The quantitative estimate of drug-likeness (QED) is 0.558. The Kier molecular flexibility index (Phi) is 6.65. The van der Waals surface area contributed by atoms with Gasteiger partial charge < -0.3 is 19.3 Å². The van der Waals surface area contributed by atoms with Crippen molar-refractivity contribution in [2.24, 2.45) is 0 Å². The first-order chi connectivity index (χ1) is 15.7. The molecule has 1 aliphatic heterocycles. The number of carbonyl (C=O) groups excluding carboxylic acids is 1. The topological polar surface area (TPSA) is 67.8 Å². The van der Waals surface area contributed by atoms with Crippen LogP contribution in [0.1, 0.15) is 5.56 Å². The molecule has 2 aromatic carbocycles. The van der Waals surface area contributed by atoms with Crippen molar-refractivity contribution in [3.05, 3.63) is 72.6 Å². The molecule has 1 aliphatic rings. The van der Waals surface area contributed by atoms with Crippen LogP contribution in [0.2, 0.25) is 0 Å². The number of rotatable bonds is 6. The molecule has 1 saturated heterocycles. The normalized spacial score (nSPS) is 13.9. The lowest BCUT2D eigenvalue weighted by atomic mass is 10.1. The minimum Gasteiger partial charge on any atom is -0.497 e. The van der Waals surface area contributed by atoms with Gasteiger partial charge in [0.1, 0.15) is 23.6 Å². The predicted octanol–water partition coefficient (Wildman–Crippen LogP) is 3.52. The first-order valence-corrected chi connectivity index (χ1v) is 10.5. The molecule has 4 rings (SSSR count). The van der Waals surface area contributed by atoms with E-state index in [0.717, 1.165) is 22.6 Å². The molecule has 7 nitrogen and oxygen atoms in total. The van der Waals surface area contributed by atoms with Crippen molar-refractivity contribution in [1.82, 2.24) is 14.9 Å². The van der Waals surface area contributed by atoms with E-state index in [-0.39, 0.29) is 5.91 Å². The molecule has 0 radical (unpaired) electrons. The molecule has 1 fully saturated rings. The van der Waals surface area contributed by atoms with E-state index in [9.17, 15) is 4.79 Å². The molecule has 0 aliphatic carbocycles. The first-order valence-electron chi connectivity index (χ1n) is 10.5. The van der Waals surface area contributed by atoms with Crippen LogP contribution in [0.4, 0.5) is 5.82 Å². The molecule has 7 heteroatoms. The summed E-state index contributed by atoms with van der Waals surface area (Å²) < 4.78 is 10.6. The monoisotopic (exact) mass is 430 g/mol. The van der Waals surface area contributed by atoms with Gasteiger partial charge in [-0.15, -0.1) is 0 Å². The molecular formula is C25H26N4O3. The number of benzene rings is 2. The van der Waals surface area contributed by atoms with E-state index < -0.39 is 0 Å². The highest BCUT2D eigenvalue weighted by molar-refractivity contribution is 5.92. The first kappa shape index (κ1) is 21.4. The molecule has 164 valence electrons. The van der Waals surface area contributed by atoms with Crippen LogP contribution in [-0.2, 0) is 4.79 Å². The summed E-state index contributed by atoms with van der Waals surface area (Å²) in [7, 11) is 3.22. The molecule has 0 atom stereocenters. The predicted molar refractivity (Wildman–Crippen MR) is 125 cm³/mol. The molecule has 0 saturated carbocycles. The van der Waals surface area contributed by atoms with Crippen LogP contribution < -0.4 is 14.4 Å². The highest BCUT2D eigenvalue weighted by Crippen LogP contribution is 2.25. The zero-order valence-corrected chi connectivity index (χ0v) is 18.3. The van der Waals surface area contributed by atoms with Gasteiger partial charge in [0.15, 0.2) is 0 Å². The number of aromatic nitrogens is 2. The highest BCUT2D eigenvalue weighted by atomic mass is 16.5. The third kappa shape index (κ3) is 4.88. The Morgan fingerprint density at radius 1 is 0.938 bits per heavy atom. The van der Waals surface area contributed by atoms with Crippen molar-refractivity contribution < 1.29 is 14.3 Å². The highest BCUT2D eigenvalue weighted by Gasteiger charge is 2.21. The van der Waals surface area contributed by atoms with Crippen molar-refractivity contribution in [2.45, 2.75) is 0 Å². The van der Waals surface area contributed by atoms with Crippen molar-refractivity contribution in [2.75, 3.05) is 45.3 Å². The summed E-state index contributed by atoms with van der Waals surface area (Å²) in [4.78, 5) is 25.6. The van der Waals surface area contributed by atoms with Gasteiger partial charge in [0.05, 0.1) is 19.9 Å². The molecule has 1 amide bonds. The lowest BCUT2D eigenvalue weighted by Crippen LogP contribution is -2.48. The number of piperazine rings is 1. The summed E-state index contributed by atoms with van der Waals surface area (Å²) in [6.45, 7) is 2.69. The lowest BCUT2D eigenvalue weighted by Gasteiger charge is -2.35. The summed E-state index contributed by atoms with van der Waals surface area (Å²) in [6, 6.07) is 17.5. The second-order valence-electron chi connectivity index (χ2n) is 7.38. The smallest absolute Gasteiger partial charge is 0.246 e. The molecule has 32 heavy (non-hydrogen) atoms. The molecule has 0 N–H and O–H groups in total. The summed E-state index contributed by atoms with van der Waals surface area (Å²) in [6.07, 6.45) is 4.96. The Morgan fingerprint density at radius 2 is 1.72 bits per heavy atom. The standard InChI is InChI=1S/C25H26N4O3/c1-31-21-9-10-23(32-2)20(16-21)8-11-25(30)29-14-12-28(13-15-29)24-17-22(26-18-27-24)19-6-4-3-5-7-19/h3-11,16-18H,12-15H2,1-2H3/b11-8+. The van der Waals surface area contributed by atoms with E-state index in [0.29, 0.717) is 37.7 Å². The number of carbonyl (C=O) groups is 1. The van der Waals surface area contributed by atoms with Gasteiger partial charge in [0.25, 0.3) is 0 Å². The van der Waals surface area contributed by atoms with Crippen molar-refractivity contribution >= 4 is 17.8 Å². The van der Waals surface area contributed by atoms with Crippen LogP contribution in [-0.4, -0.2) is 61.2 Å². The molecule has 0 bridgehead atoms. The van der Waals surface area contributed by atoms with Gasteiger partial charge in [0.2, 0.25) is 5.91 Å². The Hall–Kier alpha value is -3.87. The molecule has 0 unspecified atom stereocenters. The van der Waals surface area contributed by atoms with E-state index in [1.54, 1.807) is 32.7 Å². The fourth-order valence-electron chi connectivity index (χ4n) is 3.68. The van der Waals surface area contributed by atoms with Gasteiger partial charge in [-0.05, 0) is 24.3 Å². The third-order valence-corrected chi connectivity index (χ3v) is 5.48. The summed E-state index contributed by atoms with van der Waals surface area (Å²) in [5.74, 6) is 2.26. The SMILES string of the molecule is COc1ccc(OC)c(/C=C/C(=O)N2CCN(c3cc(-c4ccccc4)ncn3)CC2)c1. The van der Waals surface area contributed by atoms with Gasteiger partial charge in [-0.2, -0.15) is 0 Å². The van der Waals surface area contributed by atoms with Crippen molar-refractivity contribution in [3.8, 4) is 22.8 Å². The largest absolute Gasteiger partial charge is 0.497 e. The van der Waals surface area contributed by atoms with Gasteiger partial charge in [0, 0.05) is 49.4 Å². The molecule has 1 aromatic heterocycles. The fraction of sp³-hybridized carbons (Fsp3) is 0.240. The van der Waals surface area contributed by atoms with Gasteiger partial charge in [-0.3, -0.25) is 4.79 Å². The maximum Gasteiger partial charge on any atom is 0.246 e. The summed E-state index contributed by atoms with van der Waals surface area (Å²) in [5, 5.41) is 0. The van der Waals surface area contributed by atoms with E-state index in [4.69, 9.17) is 9.47 Å². The van der Waals surface area contributed by atoms with Gasteiger partial charge >= 0.3 is 0 Å². The minimum atomic E-state index is -0.0258.